The number of benzene rings is 1. The molecule has 1 aromatic heterocycles. The summed E-state index contributed by atoms with van der Waals surface area (Å²) in [7, 11) is 0. The summed E-state index contributed by atoms with van der Waals surface area (Å²) in [6, 6.07) is 5.45. The maximum absolute atomic E-state index is 12.9. The molecule has 0 aliphatic carbocycles. The molecule has 5 nitrogen and oxygen atoms in total. The average Bonchev–Trinajstić information content (AvgIpc) is 3.02. The number of amides is 1. The summed E-state index contributed by atoms with van der Waals surface area (Å²) in [5.74, 6) is 0.502. The van der Waals surface area contributed by atoms with Crippen LogP contribution < -0.4 is 5.73 Å². The lowest BCUT2D eigenvalue weighted by Gasteiger charge is -2.32. The van der Waals surface area contributed by atoms with Crippen molar-refractivity contribution >= 4 is 5.91 Å². The summed E-state index contributed by atoms with van der Waals surface area (Å²) in [6.07, 6.45) is 0.887. The van der Waals surface area contributed by atoms with Crippen molar-refractivity contribution in [1.82, 2.24) is 14.5 Å². The lowest BCUT2D eigenvalue weighted by Crippen LogP contribution is -2.35. The Labute approximate surface area is 149 Å². The Morgan fingerprint density at radius 3 is 2.88 bits per heavy atom. The molecule has 1 fully saturated rings. The molecule has 1 aliphatic rings. The molecule has 3 rings (SSSR count). The van der Waals surface area contributed by atoms with Gasteiger partial charge >= 0.3 is 6.18 Å². The van der Waals surface area contributed by atoms with Crippen LogP contribution in [-0.2, 0) is 24.1 Å². The third-order valence-corrected chi connectivity index (χ3v) is 4.61. The molecule has 0 unspecified atom stereocenters. The van der Waals surface area contributed by atoms with Gasteiger partial charge in [-0.05, 0) is 31.0 Å². The summed E-state index contributed by atoms with van der Waals surface area (Å²) < 4.78 is 40.4. The molecule has 1 amide bonds. The van der Waals surface area contributed by atoms with Gasteiger partial charge in [-0.1, -0.05) is 18.2 Å². The number of alkyl halides is 3. The number of halogens is 3. The Bertz CT molecular complexity index is 772. The Morgan fingerprint density at radius 2 is 2.15 bits per heavy atom. The standard InChI is InChI=1S/C18H21F3N4O/c19-18(20,21)15-5-1-3-13(9-15)10-24-7-2-4-14(11-24)17-23-6-8-25(17)12-16(22)26/h1,3,5-6,8-9,14H,2,4,7,10-12H2,(H2,22,26)/t14-/m1/s1. The van der Waals surface area contributed by atoms with Gasteiger partial charge in [0.2, 0.25) is 5.91 Å². The summed E-state index contributed by atoms with van der Waals surface area (Å²) in [6.45, 7) is 2.05. The van der Waals surface area contributed by atoms with Crippen LogP contribution in [0.25, 0.3) is 0 Å². The molecule has 2 N–H and O–H groups in total. The van der Waals surface area contributed by atoms with E-state index in [0.29, 0.717) is 18.7 Å². The molecule has 2 heterocycles. The van der Waals surface area contributed by atoms with E-state index in [-0.39, 0.29) is 12.5 Å². The molecule has 1 aromatic carbocycles. The summed E-state index contributed by atoms with van der Waals surface area (Å²) in [4.78, 5) is 17.7. The average molecular weight is 366 g/mol. The number of hydrogen-bond donors (Lipinski definition) is 1. The number of rotatable bonds is 5. The maximum atomic E-state index is 12.9. The van der Waals surface area contributed by atoms with Crippen molar-refractivity contribution in [1.29, 1.82) is 0 Å². The first-order valence-electron chi connectivity index (χ1n) is 8.51. The molecule has 0 bridgehead atoms. The van der Waals surface area contributed by atoms with E-state index < -0.39 is 17.6 Å². The van der Waals surface area contributed by atoms with Gasteiger partial charge < -0.3 is 10.3 Å². The highest BCUT2D eigenvalue weighted by molar-refractivity contribution is 5.73. The normalized spacial score (nSPS) is 18.8. The van der Waals surface area contributed by atoms with Crippen LogP contribution in [0.2, 0.25) is 0 Å². The fourth-order valence-corrected chi connectivity index (χ4v) is 3.50. The van der Waals surface area contributed by atoms with E-state index >= 15 is 0 Å². The van der Waals surface area contributed by atoms with Crippen LogP contribution in [0, 0.1) is 0 Å². The number of imidazole rings is 1. The van der Waals surface area contributed by atoms with Crippen LogP contribution in [0.3, 0.4) is 0 Å². The second-order valence-electron chi connectivity index (χ2n) is 6.65. The van der Waals surface area contributed by atoms with Crippen LogP contribution in [0.1, 0.15) is 35.7 Å². The lowest BCUT2D eigenvalue weighted by molar-refractivity contribution is -0.137. The number of carbonyl (C=O) groups is 1. The number of aromatic nitrogens is 2. The SMILES string of the molecule is NC(=O)Cn1ccnc1[C@@H]1CCCN(Cc2cccc(C(F)(F)F)c2)C1. The minimum absolute atomic E-state index is 0.0828. The first-order valence-corrected chi connectivity index (χ1v) is 8.51. The fourth-order valence-electron chi connectivity index (χ4n) is 3.50. The van der Waals surface area contributed by atoms with E-state index in [1.54, 1.807) is 23.0 Å². The third-order valence-electron chi connectivity index (χ3n) is 4.61. The zero-order valence-electron chi connectivity index (χ0n) is 14.2. The third kappa shape index (κ3) is 4.43. The number of primary amides is 1. The maximum Gasteiger partial charge on any atom is 0.416 e. The molecule has 0 saturated carbocycles. The molecule has 0 spiro atoms. The second-order valence-corrected chi connectivity index (χ2v) is 6.65. The molecule has 1 saturated heterocycles. The Hall–Kier alpha value is -2.35. The molecule has 0 radical (unpaired) electrons. The second kappa shape index (κ2) is 7.49. The van der Waals surface area contributed by atoms with Crippen molar-refractivity contribution in [3.8, 4) is 0 Å². The zero-order valence-corrected chi connectivity index (χ0v) is 14.2. The van der Waals surface area contributed by atoms with Crippen LogP contribution in [0.5, 0.6) is 0 Å². The minimum atomic E-state index is -4.33. The van der Waals surface area contributed by atoms with Crippen molar-refractivity contribution < 1.29 is 18.0 Å². The van der Waals surface area contributed by atoms with Crippen molar-refractivity contribution in [3.63, 3.8) is 0 Å². The molecule has 1 atom stereocenters. The number of nitrogens with two attached hydrogens (primary N) is 1. The van der Waals surface area contributed by atoms with Gasteiger partial charge in [0.15, 0.2) is 0 Å². The number of likely N-dealkylation sites (tertiary alicyclic amines) is 1. The van der Waals surface area contributed by atoms with Crippen LogP contribution in [0.4, 0.5) is 13.2 Å². The van der Waals surface area contributed by atoms with E-state index in [0.717, 1.165) is 31.3 Å². The first kappa shape index (κ1) is 18.4. The Kier molecular flexibility index (Phi) is 5.31. The van der Waals surface area contributed by atoms with E-state index in [1.165, 1.54) is 12.1 Å². The Morgan fingerprint density at radius 1 is 1.35 bits per heavy atom. The fraction of sp³-hybridized carbons (Fsp3) is 0.444. The quantitative estimate of drug-likeness (QED) is 0.885. The van der Waals surface area contributed by atoms with Crippen LogP contribution in [-0.4, -0.2) is 33.4 Å². The van der Waals surface area contributed by atoms with Crippen molar-refractivity contribution in [2.24, 2.45) is 5.73 Å². The van der Waals surface area contributed by atoms with Gasteiger partial charge in [-0.2, -0.15) is 13.2 Å². The molecule has 1 aliphatic heterocycles. The topological polar surface area (TPSA) is 64.2 Å². The Balaban J connectivity index is 1.70. The minimum Gasteiger partial charge on any atom is -0.368 e. The van der Waals surface area contributed by atoms with E-state index in [1.807, 2.05) is 0 Å². The molecule has 2 aromatic rings. The summed E-state index contributed by atoms with van der Waals surface area (Å²) in [5.41, 5.74) is 5.29. The number of nitrogens with zero attached hydrogens (tertiary/aromatic N) is 3. The largest absolute Gasteiger partial charge is 0.416 e. The van der Waals surface area contributed by atoms with Gasteiger partial charge in [-0.3, -0.25) is 9.69 Å². The van der Waals surface area contributed by atoms with E-state index in [9.17, 15) is 18.0 Å². The molecule has 26 heavy (non-hydrogen) atoms. The van der Waals surface area contributed by atoms with Gasteiger partial charge in [0.05, 0.1) is 5.56 Å². The van der Waals surface area contributed by atoms with E-state index in [4.69, 9.17) is 5.73 Å². The lowest BCUT2D eigenvalue weighted by atomic mass is 9.96. The van der Waals surface area contributed by atoms with Crippen LogP contribution >= 0.6 is 0 Å². The zero-order chi connectivity index (χ0) is 18.7. The summed E-state index contributed by atoms with van der Waals surface area (Å²) >= 11 is 0. The van der Waals surface area contributed by atoms with Gasteiger partial charge in [0, 0.05) is 31.4 Å². The van der Waals surface area contributed by atoms with Crippen molar-refractivity contribution in [2.75, 3.05) is 13.1 Å². The molecular weight excluding hydrogens is 345 g/mol. The van der Waals surface area contributed by atoms with Gasteiger partial charge in [0.25, 0.3) is 0 Å². The highest BCUT2D eigenvalue weighted by Gasteiger charge is 2.31. The predicted octanol–water partition coefficient (Wildman–Crippen LogP) is 2.77. The molecule has 8 heteroatoms. The highest BCUT2D eigenvalue weighted by Crippen LogP contribution is 2.31. The molecular formula is C18H21F3N4O. The first-order chi connectivity index (χ1) is 12.3. The van der Waals surface area contributed by atoms with E-state index in [2.05, 4.69) is 9.88 Å². The van der Waals surface area contributed by atoms with Gasteiger partial charge in [-0.25, -0.2) is 4.98 Å². The molecule has 140 valence electrons. The van der Waals surface area contributed by atoms with Crippen molar-refractivity contribution in [3.05, 3.63) is 53.6 Å². The van der Waals surface area contributed by atoms with Gasteiger partial charge in [0.1, 0.15) is 12.4 Å². The van der Waals surface area contributed by atoms with Crippen LogP contribution in [0.15, 0.2) is 36.7 Å². The summed E-state index contributed by atoms with van der Waals surface area (Å²) in [5, 5.41) is 0. The van der Waals surface area contributed by atoms with Crippen molar-refractivity contribution in [2.45, 2.75) is 38.0 Å². The smallest absolute Gasteiger partial charge is 0.368 e. The number of hydrogen-bond acceptors (Lipinski definition) is 3. The monoisotopic (exact) mass is 366 g/mol. The number of piperidine rings is 1. The highest BCUT2D eigenvalue weighted by atomic mass is 19.4. The number of carbonyl (C=O) groups excluding carboxylic acids is 1. The van der Waals surface area contributed by atoms with Gasteiger partial charge in [-0.15, -0.1) is 0 Å². The predicted molar refractivity (Wildman–Crippen MR) is 90.1 cm³/mol.